The number of nitrogens with two attached hydrogens (primary N) is 1. The number of thiophene rings is 1. The highest BCUT2D eigenvalue weighted by Crippen LogP contribution is 2.55. The monoisotopic (exact) mass is 275 g/mol. The van der Waals surface area contributed by atoms with Crippen LogP contribution in [0.1, 0.15) is 24.6 Å². The SMILES string of the molecule is COc1sc(C2(C(C)N)CC2)cc1Br. The third-order valence-electron chi connectivity index (χ3n) is 2.99. The summed E-state index contributed by atoms with van der Waals surface area (Å²) in [5.41, 5.74) is 6.26. The van der Waals surface area contributed by atoms with Gasteiger partial charge < -0.3 is 10.5 Å². The molecule has 1 aromatic rings. The Bertz CT molecular complexity index is 344. The fourth-order valence-corrected chi connectivity index (χ4v) is 3.79. The summed E-state index contributed by atoms with van der Waals surface area (Å²) in [6, 6.07) is 2.39. The minimum Gasteiger partial charge on any atom is -0.486 e. The van der Waals surface area contributed by atoms with E-state index in [9.17, 15) is 0 Å². The van der Waals surface area contributed by atoms with Crippen LogP contribution in [0.15, 0.2) is 10.5 Å². The van der Waals surface area contributed by atoms with Crippen molar-refractivity contribution in [3.8, 4) is 5.06 Å². The van der Waals surface area contributed by atoms with Gasteiger partial charge in [0.15, 0.2) is 5.06 Å². The Kier molecular flexibility index (Phi) is 2.62. The van der Waals surface area contributed by atoms with Gasteiger partial charge in [0.1, 0.15) is 0 Å². The summed E-state index contributed by atoms with van der Waals surface area (Å²) in [4.78, 5) is 1.36. The Morgan fingerprint density at radius 3 is 2.64 bits per heavy atom. The molecule has 0 amide bonds. The zero-order chi connectivity index (χ0) is 10.3. The zero-order valence-electron chi connectivity index (χ0n) is 8.34. The highest BCUT2D eigenvalue weighted by Gasteiger charge is 2.48. The average Bonchev–Trinajstić information content (AvgIpc) is 2.86. The van der Waals surface area contributed by atoms with Gasteiger partial charge in [-0.25, -0.2) is 0 Å². The lowest BCUT2D eigenvalue weighted by molar-refractivity contribution is 0.425. The van der Waals surface area contributed by atoms with E-state index in [1.54, 1.807) is 18.4 Å². The first-order chi connectivity index (χ1) is 6.60. The maximum atomic E-state index is 6.02. The molecule has 0 radical (unpaired) electrons. The maximum absolute atomic E-state index is 6.02. The molecule has 1 heterocycles. The van der Waals surface area contributed by atoms with Gasteiger partial charge in [0.05, 0.1) is 11.6 Å². The van der Waals surface area contributed by atoms with Gasteiger partial charge in [0, 0.05) is 16.3 Å². The molecule has 2 N–H and O–H groups in total. The van der Waals surface area contributed by atoms with E-state index in [-0.39, 0.29) is 11.5 Å². The van der Waals surface area contributed by atoms with E-state index >= 15 is 0 Å². The molecule has 78 valence electrons. The van der Waals surface area contributed by atoms with Crippen LogP contribution in [-0.2, 0) is 5.41 Å². The predicted molar refractivity (Wildman–Crippen MR) is 63.1 cm³/mol. The summed E-state index contributed by atoms with van der Waals surface area (Å²) in [5, 5.41) is 0.951. The Morgan fingerprint density at radius 1 is 1.64 bits per heavy atom. The van der Waals surface area contributed by atoms with E-state index in [1.165, 1.54) is 17.7 Å². The van der Waals surface area contributed by atoms with Crippen LogP contribution >= 0.6 is 27.3 Å². The molecule has 1 aliphatic carbocycles. The predicted octanol–water partition coefficient (Wildman–Crippen LogP) is 2.90. The lowest BCUT2D eigenvalue weighted by Gasteiger charge is -2.17. The molecule has 2 nitrogen and oxygen atoms in total. The molecule has 1 aliphatic rings. The second-order valence-corrected chi connectivity index (χ2v) is 5.76. The van der Waals surface area contributed by atoms with Crippen molar-refractivity contribution in [2.24, 2.45) is 5.73 Å². The van der Waals surface area contributed by atoms with Crippen molar-refractivity contribution in [3.05, 3.63) is 15.4 Å². The van der Waals surface area contributed by atoms with E-state index in [0.717, 1.165) is 9.54 Å². The third kappa shape index (κ3) is 1.49. The van der Waals surface area contributed by atoms with Crippen LogP contribution in [0.4, 0.5) is 0 Å². The van der Waals surface area contributed by atoms with Crippen molar-refractivity contribution >= 4 is 27.3 Å². The quantitative estimate of drug-likeness (QED) is 0.921. The molecular weight excluding hydrogens is 262 g/mol. The molecule has 1 fully saturated rings. The van der Waals surface area contributed by atoms with Crippen molar-refractivity contribution < 1.29 is 4.74 Å². The summed E-state index contributed by atoms with van der Waals surface area (Å²) in [5.74, 6) is 0. The van der Waals surface area contributed by atoms with E-state index in [0.29, 0.717) is 0 Å². The van der Waals surface area contributed by atoms with Crippen LogP contribution in [0.3, 0.4) is 0 Å². The van der Waals surface area contributed by atoms with Gasteiger partial charge in [-0.05, 0) is 41.8 Å². The third-order valence-corrected chi connectivity index (χ3v) is 5.16. The summed E-state index contributed by atoms with van der Waals surface area (Å²) in [6.07, 6.45) is 2.42. The Morgan fingerprint density at radius 2 is 2.29 bits per heavy atom. The van der Waals surface area contributed by atoms with Crippen molar-refractivity contribution in [1.29, 1.82) is 0 Å². The van der Waals surface area contributed by atoms with Gasteiger partial charge in [-0.3, -0.25) is 0 Å². The number of hydrogen-bond acceptors (Lipinski definition) is 3. The molecule has 0 saturated heterocycles. The first-order valence-electron chi connectivity index (χ1n) is 4.69. The Balaban J connectivity index is 2.33. The van der Waals surface area contributed by atoms with Crippen LogP contribution in [-0.4, -0.2) is 13.2 Å². The molecule has 4 heteroatoms. The lowest BCUT2D eigenvalue weighted by Crippen LogP contribution is -2.30. The lowest BCUT2D eigenvalue weighted by atomic mass is 9.97. The van der Waals surface area contributed by atoms with Gasteiger partial charge in [-0.2, -0.15) is 0 Å². The van der Waals surface area contributed by atoms with Gasteiger partial charge in [0.25, 0.3) is 0 Å². The Labute approximate surface area is 96.6 Å². The van der Waals surface area contributed by atoms with Crippen molar-refractivity contribution in [3.63, 3.8) is 0 Å². The number of methoxy groups -OCH3 is 1. The topological polar surface area (TPSA) is 35.2 Å². The van der Waals surface area contributed by atoms with Gasteiger partial charge in [0.2, 0.25) is 0 Å². The molecule has 0 aromatic carbocycles. The van der Waals surface area contributed by atoms with Crippen molar-refractivity contribution in [2.45, 2.75) is 31.2 Å². The van der Waals surface area contributed by atoms with Gasteiger partial charge in [-0.15, -0.1) is 11.3 Å². The van der Waals surface area contributed by atoms with Crippen molar-refractivity contribution in [1.82, 2.24) is 0 Å². The Hall–Kier alpha value is -0.0600. The summed E-state index contributed by atoms with van der Waals surface area (Å²) in [6.45, 7) is 2.09. The van der Waals surface area contributed by atoms with Gasteiger partial charge in [-0.1, -0.05) is 0 Å². The highest BCUT2D eigenvalue weighted by atomic mass is 79.9. The van der Waals surface area contributed by atoms with Crippen LogP contribution < -0.4 is 10.5 Å². The standard InChI is InChI=1S/C10H14BrNOS/c1-6(12)10(3-4-10)8-5-7(11)9(13-2)14-8/h5-6H,3-4,12H2,1-2H3. The minimum absolute atomic E-state index is 0.234. The van der Waals surface area contributed by atoms with Crippen LogP contribution in [0.25, 0.3) is 0 Å². The summed E-state index contributed by atoms with van der Waals surface area (Å²) >= 11 is 5.20. The van der Waals surface area contributed by atoms with Gasteiger partial charge >= 0.3 is 0 Å². The first-order valence-corrected chi connectivity index (χ1v) is 6.30. The molecule has 1 saturated carbocycles. The molecule has 2 rings (SSSR count). The van der Waals surface area contributed by atoms with E-state index in [1.807, 2.05) is 0 Å². The first kappa shape index (κ1) is 10.5. The second-order valence-electron chi connectivity index (χ2n) is 3.89. The number of ether oxygens (including phenoxy) is 1. The molecule has 0 bridgehead atoms. The smallest absolute Gasteiger partial charge is 0.188 e. The summed E-state index contributed by atoms with van der Waals surface area (Å²) in [7, 11) is 1.70. The molecule has 14 heavy (non-hydrogen) atoms. The summed E-state index contributed by atoms with van der Waals surface area (Å²) < 4.78 is 6.31. The van der Waals surface area contributed by atoms with E-state index in [2.05, 4.69) is 28.9 Å². The number of rotatable bonds is 3. The maximum Gasteiger partial charge on any atom is 0.188 e. The van der Waals surface area contributed by atoms with Crippen LogP contribution in [0.5, 0.6) is 5.06 Å². The fraction of sp³-hybridized carbons (Fsp3) is 0.600. The number of hydrogen-bond donors (Lipinski definition) is 1. The molecule has 1 atom stereocenters. The number of halogens is 1. The fourth-order valence-electron chi connectivity index (χ4n) is 1.80. The second kappa shape index (κ2) is 3.51. The van der Waals surface area contributed by atoms with Crippen molar-refractivity contribution in [2.75, 3.05) is 7.11 Å². The van der Waals surface area contributed by atoms with Crippen LogP contribution in [0.2, 0.25) is 0 Å². The highest BCUT2D eigenvalue weighted by molar-refractivity contribution is 9.10. The molecule has 0 aliphatic heterocycles. The molecular formula is C10H14BrNOS. The van der Waals surface area contributed by atoms with E-state index < -0.39 is 0 Å². The molecule has 1 aromatic heterocycles. The average molecular weight is 276 g/mol. The largest absolute Gasteiger partial charge is 0.486 e. The minimum atomic E-state index is 0.234. The molecule has 1 unspecified atom stereocenters. The zero-order valence-corrected chi connectivity index (χ0v) is 10.7. The van der Waals surface area contributed by atoms with Crippen LogP contribution in [0, 0.1) is 0 Å². The van der Waals surface area contributed by atoms with E-state index in [4.69, 9.17) is 10.5 Å². The normalized spacial score (nSPS) is 20.6. The molecule has 0 spiro atoms.